The lowest BCUT2D eigenvalue weighted by molar-refractivity contribution is 0.261. The van der Waals surface area contributed by atoms with E-state index in [1.54, 1.807) is 0 Å². The third-order valence-corrected chi connectivity index (χ3v) is 3.63. The highest BCUT2D eigenvalue weighted by molar-refractivity contribution is 5.91. The summed E-state index contributed by atoms with van der Waals surface area (Å²) in [5, 5.41) is 4.89. The van der Waals surface area contributed by atoms with Gasteiger partial charge < -0.3 is 10.2 Å². The van der Waals surface area contributed by atoms with E-state index in [4.69, 9.17) is 0 Å². The molecular formula is C15H19N3. The average Bonchev–Trinajstić information content (AvgIpc) is 2.39. The van der Waals surface area contributed by atoms with Crippen molar-refractivity contribution in [1.29, 1.82) is 0 Å². The maximum absolute atomic E-state index is 4.40. The summed E-state index contributed by atoms with van der Waals surface area (Å²) in [6.45, 7) is 2.34. The van der Waals surface area contributed by atoms with Crippen LogP contribution in [0, 0.1) is 0 Å². The summed E-state index contributed by atoms with van der Waals surface area (Å²) in [5.41, 5.74) is 2.27. The van der Waals surface area contributed by atoms with E-state index in [1.165, 1.54) is 30.5 Å². The summed E-state index contributed by atoms with van der Waals surface area (Å²) in [6.07, 6.45) is 4.37. The van der Waals surface area contributed by atoms with Crippen molar-refractivity contribution in [2.24, 2.45) is 0 Å². The van der Waals surface area contributed by atoms with Crippen LogP contribution in [0.15, 0.2) is 36.5 Å². The highest BCUT2D eigenvalue weighted by Gasteiger charge is 2.17. The molecule has 1 aromatic heterocycles. The van der Waals surface area contributed by atoms with Crippen LogP contribution < -0.4 is 5.32 Å². The second-order valence-corrected chi connectivity index (χ2v) is 5.12. The van der Waals surface area contributed by atoms with Gasteiger partial charge in [-0.25, -0.2) is 0 Å². The number of likely N-dealkylation sites (N-methyl/N-ethyl adjacent to an activating group) is 1. The Bertz CT molecular complexity index is 533. The van der Waals surface area contributed by atoms with Crippen molar-refractivity contribution < 1.29 is 0 Å². The highest BCUT2D eigenvalue weighted by Crippen LogP contribution is 2.23. The van der Waals surface area contributed by atoms with E-state index in [1.807, 2.05) is 12.3 Å². The second kappa shape index (κ2) is 4.94. The van der Waals surface area contributed by atoms with E-state index in [9.17, 15) is 0 Å². The summed E-state index contributed by atoms with van der Waals surface area (Å²) >= 11 is 0. The highest BCUT2D eigenvalue weighted by atomic mass is 15.1. The van der Waals surface area contributed by atoms with E-state index in [0.29, 0.717) is 6.04 Å². The molecule has 3 nitrogen and oxygen atoms in total. The van der Waals surface area contributed by atoms with Crippen LogP contribution in [-0.4, -0.2) is 36.1 Å². The number of rotatable bonds is 2. The Labute approximate surface area is 108 Å². The zero-order valence-electron chi connectivity index (χ0n) is 10.8. The molecule has 2 aromatic rings. The topological polar surface area (TPSA) is 28.2 Å². The first-order valence-corrected chi connectivity index (χ1v) is 6.62. The smallest absolute Gasteiger partial charge is 0.0722 e. The van der Waals surface area contributed by atoms with E-state index in [-0.39, 0.29) is 0 Å². The van der Waals surface area contributed by atoms with Gasteiger partial charge in [-0.2, -0.15) is 0 Å². The van der Waals surface area contributed by atoms with Gasteiger partial charge >= 0.3 is 0 Å². The standard InChI is InChI=1S/C15H19N3/c1-18-10-4-5-12(11-18)17-15-8-2-7-14-13(15)6-3-9-16-14/h2-3,6-9,12,17H,4-5,10-11H2,1H3. The third kappa shape index (κ3) is 2.31. The monoisotopic (exact) mass is 241 g/mol. The summed E-state index contributed by atoms with van der Waals surface area (Å²) < 4.78 is 0. The predicted molar refractivity (Wildman–Crippen MR) is 75.9 cm³/mol. The van der Waals surface area contributed by atoms with Crippen molar-refractivity contribution in [3.8, 4) is 0 Å². The van der Waals surface area contributed by atoms with Crippen LogP contribution in [0.1, 0.15) is 12.8 Å². The average molecular weight is 241 g/mol. The first-order valence-electron chi connectivity index (χ1n) is 6.62. The number of hydrogen-bond donors (Lipinski definition) is 1. The minimum atomic E-state index is 0.551. The molecule has 18 heavy (non-hydrogen) atoms. The summed E-state index contributed by atoms with van der Waals surface area (Å²) in [4.78, 5) is 6.79. The molecule has 1 aliphatic rings. The number of likely N-dealkylation sites (tertiary alicyclic amines) is 1. The molecule has 0 spiro atoms. The molecule has 1 aromatic carbocycles. The molecule has 1 atom stereocenters. The van der Waals surface area contributed by atoms with Gasteiger partial charge in [0.05, 0.1) is 5.52 Å². The van der Waals surface area contributed by atoms with Crippen molar-refractivity contribution in [1.82, 2.24) is 9.88 Å². The molecule has 2 heterocycles. The predicted octanol–water partition coefficient (Wildman–Crippen LogP) is 2.74. The quantitative estimate of drug-likeness (QED) is 0.876. The molecule has 0 radical (unpaired) electrons. The number of piperidine rings is 1. The van der Waals surface area contributed by atoms with Gasteiger partial charge in [0.2, 0.25) is 0 Å². The Morgan fingerprint density at radius 3 is 3.11 bits per heavy atom. The van der Waals surface area contributed by atoms with Crippen molar-refractivity contribution in [2.45, 2.75) is 18.9 Å². The lowest BCUT2D eigenvalue weighted by atomic mass is 10.1. The number of nitrogens with zero attached hydrogens (tertiary/aromatic N) is 2. The van der Waals surface area contributed by atoms with Gasteiger partial charge in [0.1, 0.15) is 0 Å². The Kier molecular flexibility index (Phi) is 3.15. The fourth-order valence-corrected chi connectivity index (χ4v) is 2.73. The molecular weight excluding hydrogens is 222 g/mol. The van der Waals surface area contributed by atoms with Gasteiger partial charge in [0.15, 0.2) is 0 Å². The van der Waals surface area contributed by atoms with Crippen LogP contribution in [0.5, 0.6) is 0 Å². The Morgan fingerprint density at radius 2 is 2.22 bits per heavy atom. The lowest BCUT2D eigenvalue weighted by Gasteiger charge is -2.31. The van der Waals surface area contributed by atoms with Gasteiger partial charge in [-0.1, -0.05) is 6.07 Å². The van der Waals surface area contributed by atoms with Gasteiger partial charge in [0.25, 0.3) is 0 Å². The molecule has 94 valence electrons. The number of pyridine rings is 1. The van der Waals surface area contributed by atoms with Crippen LogP contribution in [0.4, 0.5) is 5.69 Å². The number of hydrogen-bond acceptors (Lipinski definition) is 3. The zero-order chi connectivity index (χ0) is 12.4. The maximum atomic E-state index is 4.40. The second-order valence-electron chi connectivity index (χ2n) is 5.12. The fraction of sp³-hybridized carbons (Fsp3) is 0.400. The number of nitrogens with one attached hydrogen (secondary N) is 1. The number of anilines is 1. The van der Waals surface area contributed by atoms with Crippen LogP contribution in [0.25, 0.3) is 10.9 Å². The van der Waals surface area contributed by atoms with E-state index < -0.39 is 0 Å². The zero-order valence-corrected chi connectivity index (χ0v) is 10.8. The fourth-order valence-electron chi connectivity index (χ4n) is 2.73. The molecule has 1 saturated heterocycles. The molecule has 3 heteroatoms. The van der Waals surface area contributed by atoms with E-state index >= 15 is 0 Å². The molecule has 1 unspecified atom stereocenters. The van der Waals surface area contributed by atoms with Crippen LogP contribution in [-0.2, 0) is 0 Å². The van der Waals surface area contributed by atoms with Crippen LogP contribution >= 0.6 is 0 Å². The first-order chi connectivity index (χ1) is 8.83. The van der Waals surface area contributed by atoms with Crippen molar-refractivity contribution in [2.75, 3.05) is 25.5 Å². The summed E-state index contributed by atoms with van der Waals surface area (Å²) in [5.74, 6) is 0. The molecule has 1 N–H and O–H groups in total. The normalized spacial score (nSPS) is 21.1. The maximum Gasteiger partial charge on any atom is 0.0722 e. The molecule has 0 aliphatic carbocycles. The lowest BCUT2D eigenvalue weighted by Crippen LogP contribution is -2.39. The van der Waals surface area contributed by atoms with Gasteiger partial charge in [-0.15, -0.1) is 0 Å². The molecule has 0 bridgehead atoms. The van der Waals surface area contributed by atoms with Crippen LogP contribution in [0.3, 0.4) is 0 Å². The summed E-state index contributed by atoms with van der Waals surface area (Å²) in [6, 6.07) is 11.0. The minimum absolute atomic E-state index is 0.551. The van der Waals surface area contributed by atoms with Gasteiger partial charge in [0, 0.05) is 29.9 Å². The summed E-state index contributed by atoms with van der Waals surface area (Å²) in [7, 11) is 2.19. The minimum Gasteiger partial charge on any atom is -0.380 e. The van der Waals surface area contributed by atoms with E-state index in [0.717, 1.165) is 12.1 Å². The Morgan fingerprint density at radius 1 is 1.28 bits per heavy atom. The molecule has 0 saturated carbocycles. The molecule has 0 amide bonds. The largest absolute Gasteiger partial charge is 0.380 e. The van der Waals surface area contributed by atoms with Gasteiger partial charge in [-0.3, -0.25) is 4.98 Å². The number of aromatic nitrogens is 1. The van der Waals surface area contributed by atoms with E-state index in [2.05, 4.69) is 46.5 Å². The van der Waals surface area contributed by atoms with Crippen molar-refractivity contribution >= 4 is 16.6 Å². The first kappa shape index (κ1) is 11.5. The van der Waals surface area contributed by atoms with Crippen molar-refractivity contribution in [3.05, 3.63) is 36.5 Å². The van der Waals surface area contributed by atoms with Crippen molar-refractivity contribution in [3.63, 3.8) is 0 Å². The van der Waals surface area contributed by atoms with Gasteiger partial charge in [-0.05, 0) is 50.7 Å². The SMILES string of the molecule is CN1CCCC(Nc2cccc3ncccc23)C1. The molecule has 1 fully saturated rings. The molecule has 1 aliphatic heterocycles. The molecule has 3 rings (SSSR count). The van der Waals surface area contributed by atoms with Crippen LogP contribution in [0.2, 0.25) is 0 Å². The third-order valence-electron chi connectivity index (χ3n) is 3.63. The Balaban J connectivity index is 1.86. The number of fused-ring (bicyclic) bond motifs is 1. The number of benzene rings is 1. The Hall–Kier alpha value is -1.61.